The Bertz CT molecular complexity index is 903. The molecule has 7 heteroatoms. The molecule has 3 aromatic rings. The molecule has 0 aliphatic rings. The molecule has 0 spiro atoms. The van der Waals surface area contributed by atoms with E-state index in [1.807, 2.05) is 31.2 Å². The summed E-state index contributed by atoms with van der Waals surface area (Å²) in [5, 5.41) is 0. The SMILES string of the molecule is COc1ccc(-c2cc(C)cc3nc(OC(F)F)cnc23)cc1Br. The lowest BCUT2D eigenvalue weighted by molar-refractivity contribution is -0.0528. The Labute approximate surface area is 145 Å². The van der Waals surface area contributed by atoms with Gasteiger partial charge < -0.3 is 9.47 Å². The molecule has 2 aromatic carbocycles. The summed E-state index contributed by atoms with van der Waals surface area (Å²) in [7, 11) is 1.60. The zero-order valence-electron chi connectivity index (χ0n) is 12.9. The number of aromatic nitrogens is 2. The molecule has 0 radical (unpaired) electrons. The molecule has 4 nitrogen and oxygen atoms in total. The van der Waals surface area contributed by atoms with Gasteiger partial charge in [-0.1, -0.05) is 6.07 Å². The summed E-state index contributed by atoms with van der Waals surface area (Å²) in [5.74, 6) is 0.513. The molecule has 1 aromatic heterocycles. The van der Waals surface area contributed by atoms with Gasteiger partial charge in [-0.3, -0.25) is 0 Å². The fourth-order valence-corrected chi connectivity index (χ4v) is 2.99. The number of ether oxygens (including phenoxy) is 2. The molecule has 0 amide bonds. The largest absolute Gasteiger partial charge is 0.496 e. The highest BCUT2D eigenvalue weighted by molar-refractivity contribution is 9.10. The topological polar surface area (TPSA) is 44.2 Å². The van der Waals surface area contributed by atoms with Gasteiger partial charge in [0.05, 0.1) is 28.8 Å². The average Bonchev–Trinajstić information content (AvgIpc) is 2.53. The molecule has 0 saturated heterocycles. The molecule has 0 saturated carbocycles. The average molecular weight is 395 g/mol. The van der Waals surface area contributed by atoms with Gasteiger partial charge >= 0.3 is 6.61 Å². The van der Waals surface area contributed by atoms with Crippen molar-refractivity contribution < 1.29 is 18.3 Å². The summed E-state index contributed by atoms with van der Waals surface area (Å²) in [4.78, 5) is 8.37. The van der Waals surface area contributed by atoms with Crippen molar-refractivity contribution in [1.82, 2.24) is 9.97 Å². The summed E-state index contributed by atoms with van der Waals surface area (Å²) in [6, 6.07) is 9.41. The van der Waals surface area contributed by atoms with Crippen LogP contribution >= 0.6 is 15.9 Å². The highest BCUT2D eigenvalue weighted by Crippen LogP contribution is 2.34. The monoisotopic (exact) mass is 394 g/mol. The number of benzene rings is 2. The molecule has 1 heterocycles. The number of alkyl halides is 2. The Balaban J connectivity index is 2.15. The number of methoxy groups -OCH3 is 1. The van der Waals surface area contributed by atoms with Crippen molar-refractivity contribution in [2.24, 2.45) is 0 Å². The normalized spacial score (nSPS) is 11.1. The van der Waals surface area contributed by atoms with E-state index in [0.717, 1.165) is 26.9 Å². The first kappa shape index (κ1) is 16.6. The second-order valence-electron chi connectivity index (χ2n) is 5.12. The zero-order valence-corrected chi connectivity index (χ0v) is 14.5. The summed E-state index contributed by atoms with van der Waals surface area (Å²) < 4.78 is 35.1. The lowest BCUT2D eigenvalue weighted by atomic mass is 10.0. The number of halogens is 3. The molecule has 0 N–H and O–H groups in total. The predicted molar refractivity (Wildman–Crippen MR) is 90.6 cm³/mol. The van der Waals surface area contributed by atoms with Gasteiger partial charge in [-0.2, -0.15) is 8.78 Å². The minimum atomic E-state index is -2.93. The van der Waals surface area contributed by atoms with E-state index in [1.165, 1.54) is 6.20 Å². The van der Waals surface area contributed by atoms with Gasteiger partial charge in [0, 0.05) is 5.56 Å². The van der Waals surface area contributed by atoms with Crippen LogP contribution in [0.3, 0.4) is 0 Å². The lowest BCUT2D eigenvalue weighted by Crippen LogP contribution is -2.04. The van der Waals surface area contributed by atoms with Crippen molar-refractivity contribution in [3.63, 3.8) is 0 Å². The second-order valence-corrected chi connectivity index (χ2v) is 5.97. The zero-order chi connectivity index (χ0) is 17.3. The summed E-state index contributed by atoms with van der Waals surface area (Å²) in [5.41, 5.74) is 3.81. The van der Waals surface area contributed by atoms with Gasteiger partial charge in [0.25, 0.3) is 0 Å². The highest BCUT2D eigenvalue weighted by atomic mass is 79.9. The van der Waals surface area contributed by atoms with Gasteiger partial charge in [-0.15, -0.1) is 0 Å². The van der Waals surface area contributed by atoms with E-state index in [1.54, 1.807) is 13.2 Å². The Morgan fingerprint density at radius 3 is 2.62 bits per heavy atom. The van der Waals surface area contributed by atoms with Crippen LogP contribution in [0, 0.1) is 6.92 Å². The van der Waals surface area contributed by atoms with Gasteiger partial charge in [0.1, 0.15) is 5.75 Å². The van der Waals surface area contributed by atoms with Crippen LogP contribution in [-0.4, -0.2) is 23.7 Å². The van der Waals surface area contributed by atoms with E-state index in [0.29, 0.717) is 11.0 Å². The molecular weight excluding hydrogens is 382 g/mol. The first-order valence-corrected chi connectivity index (χ1v) is 7.83. The predicted octanol–water partition coefficient (Wildman–Crippen LogP) is 4.98. The van der Waals surface area contributed by atoms with Crippen molar-refractivity contribution in [2.45, 2.75) is 13.5 Å². The molecule has 0 unspecified atom stereocenters. The van der Waals surface area contributed by atoms with Gasteiger partial charge in [-0.05, 0) is 58.2 Å². The Hall–Kier alpha value is -2.28. The number of hydrogen-bond acceptors (Lipinski definition) is 4. The maximum absolute atomic E-state index is 12.4. The first-order chi connectivity index (χ1) is 11.5. The number of aryl methyl sites for hydroxylation is 1. The van der Waals surface area contributed by atoms with Gasteiger partial charge in [0.2, 0.25) is 5.88 Å². The fourth-order valence-electron chi connectivity index (χ4n) is 2.45. The smallest absolute Gasteiger partial charge is 0.388 e. The van der Waals surface area contributed by atoms with Crippen LogP contribution in [0.5, 0.6) is 11.6 Å². The Kier molecular flexibility index (Phi) is 4.62. The van der Waals surface area contributed by atoms with Crippen LogP contribution in [0.1, 0.15) is 5.56 Å². The van der Waals surface area contributed by atoms with Crippen LogP contribution in [0.4, 0.5) is 8.78 Å². The van der Waals surface area contributed by atoms with E-state index in [9.17, 15) is 8.78 Å². The Morgan fingerprint density at radius 2 is 1.96 bits per heavy atom. The van der Waals surface area contributed by atoms with E-state index in [4.69, 9.17) is 4.74 Å². The molecule has 3 rings (SSSR count). The summed E-state index contributed by atoms with van der Waals surface area (Å²) >= 11 is 3.46. The molecule has 0 aliphatic heterocycles. The van der Waals surface area contributed by atoms with Gasteiger partial charge in [-0.25, -0.2) is 9.97 Å². The molecule has 124 valence electrons. The minimum absolute atomic E-state index is 0.204. The molecule has 0 atom stereocenters. The molecule has 0 bridgehead atoms. The number of rotatable bonds is 4. The quantitative estimate of drug-likeness (QED) is 0.625. The van der Waals surface area contributed by atoms with Gasteiger partial charge in [0.15, 0.2) is 0 Å². The van der Waals surface area contributed by atoms with E-state index >= 15 is 0 Å². The van der Waals surface area contributed by atoms with E-state index in [-0.39, 0.29) is 5.88 Å². The highest BCUT2D eigenvalue weighted by Gasteiger charge is 2.12. The van der Waals surface area contributed by atoms with Crippen molar-refractivity contribution in [1.29, 1.82) is 0 Å². The Morgan fingerprint density at radius 1 is 1.17 bits per heavy atom. The molecule has 24 heavy (non-hydrogen) atoms. The van der Waals surface area contributed by atoms with Crippen LogP contribution in [0.2, 0.25) is 0 Å². The molecule has 0 aliphatic carbocycles. The van der Waals surface area contributed by atoms with Crippen LogP contribution in [-0.2, 0) is 0 Å². The first-order valence-electron chi connectivity index (χ1n) is 7.04. The maximum atomic E-state index is 12.4. The number of hydrogen-bond donors (Lipinski definition) is 0. The fraction of sp³-hybridized carbons (Fsp3) is 0.176. The number of nitrogens with zero attached hydrogens (tertiary/aromatic N) is 2. The van der Waals surface area contributed by atoms with Crippen LogP contribution < -0.4 is 9.47 Å². The molecule has 0 fully saturated rings. The van der Waals surface area contributed by atoms with E-state index in [2.05, 4.69) is 30.6 Å². The van der Waals surface area contributed by atoms with E-state index < -0.39 is 6.61 Å². The standard InChI is InChI=1S/C17H13BrF2N2O2/c1-9-5-11(10-3-4-14(23-2)12(18)7-10)16-13(6-9)22-15(8-21-16)24-17(19)20/h3-8,17H,1-2H3. The third-order valence-electron chi connectivity index (χ3n) is 3.44. The van der Waals surface area contributed by atoms with Crippen LogP contribution in [0.15, 0.2) is 41.0 Å². The molecular formula is C17H13BrF2N2O2. The summed E-state index contributed by atoms with van der Waals surface area (Å²) in [6.45, 7) is -1.03. The summed E-state index contributed by atoms with van der Waals surface area (Å²) in [6.07, 6.45) is 1.20. The lowest BCUT2D eigenvalue weighted by Gasteiger charge is -2.11. The van der Waals surface area contributed by atoms with Crippen molar-refractivity contribution in [3.05, 3.63) is 46.6 Å². The van der Waals surface area contributed by atoms with Crippen molar-refractivity contribution in [3.8, 4) is 22.8 Å². The minimum Gasteiger partial charge on any atom is -0.496 e. The third-order valence-corrected chi connectivity index (χ3v) is 4.06. The maximum Gasteiger partial charge on any atom is 0.388 e. The second kappa shape index (κ2) is 6.68. The van der Waals surface area contributed by atoms with Crippen molar-refractivity contribution >= 4 is 27.0 Å². The van der Waals surface area contributed by atoms with Crippen LogP contribution in [0.25, 0.3) is 22.2 Å². The van der Waals surface area contributed by atoms with Crippen molar-refractivity contribution in [2.75, 3.05) is 7.11 Å². The number of fused-ring (bicyclic) bond motifs is 1. The third kappa shape index (κ3) is 3.31.